The van der Waals surface area contributed by atoms with Gasteiger partial charge in [-0.25, -0.2) is 0 Å². The molecule has 1 unspecified atom stereocenters. The summed E-state index contributed by atoms with van der Waals surface area (Å²) in [5.74, 6) is 0.999. The predicted octanol–water partition coefficient (Wildman–Crippen LogP) is 4.83. The summed E-state index contributed by atoms with van der Waals surface area (Å²) in [7, 11) is 0. The van der Waals surface area contributed by atoms with Crippen LogP contribution in [-0.2, 0) is 6.42 Å². The van der Waals surface area contributed by atoms with Crippen LogP contribution in [0.3, 0.4) is 0 Å². The van der Waals surface area contributed by atoms with E-state index < -0.39 is 0 Å². The summed E-state index contributed by atoms with van der Waals surface area (Å²) in [6, 6.07) is 6.53. The van der Waals surface area contributed by atoms with Crippen LogP contribution < -0.4 is 10.5 Å². The van der Waals surface area contributed by atoms with Crippen LogP contribution in [0.4, 0.5) is 0 Å². The van der Waals surface area contributed by atoms with Gasteiger partial charge in [0.2, 0.25) is 0 Å². The Morgan fingerprint density at radius 1 is 1.25 bits per heavy atom. The molecule has 0 aromatic heterocycles. The second kappa shape index (κ2) is 8.04. The molecule has 20 heavy (non-hydrogen) atoms. The zero-order valence-electron chi connectivity index (χ0n) is 12.4. The van der Waals surface area contributed by atoms with Crippen LogP contribution in [-0.4, -0.2) is 12.1 Å². The lowest BCUT2D eigenvalue weighted by Gasteiger charge is -2.18. The molecule has 0 spiro atoms. The van der Waals surface area contributed by atoms with E-state index in [1.807, 2.05) is 0 Å². The SMILES string of the molecule is CCC(N)Cc1cc(OC2CCCCCC2)ccc1Br. The molecule has 0 amide bonds. The first-order valence-corrected chi connectivity index (χ1v) is 8.69. The molecule has 2 nitrogen and oxygen atoms in total. The molecule has 0 aliphatic heterocycles. The van der Waals surface area contributed by atoms with Gasteiger partial charge in [-0.1, -0.05) is 35.7 Å². The first kappa shape index (κ1) is 15.8. The monoisotopic (exact) mass is 339 g/mol. The molecule has 2 rings (SSSR count). The van der Waals surface area contributed by atoms with Crippen molar-refractivity contribution < 1.29 is 4.74 Å². The average Bonchev–Trinajstić information content (AvgIpc) is 2.71. The quantitative estimate of drug-likeness (QED) is 0.779. The lowest BCUT2D eigenvalue weighted by molar-refractivity contribution is 0.183. The molecule has 3 heteroatoms. The lowest BCUT2D eigenvalue weighted by Crippen LogP contribution is -2.21. The fraction of sp³-hybridized carbons (Fsp3) is 0.647. The van der Waals surface area contributed by atoms with Crippen molar-refractivity contribution >= 4 is 15.9 Å². The van der Waals surface area contributed by atoms with E-state index in [1.54, 1.807) is 0 Å². The molecule has 1 aliphatic rings. The standard InChI is InChI=1S/C17H26BrNO/c1-2-14(19)11-13-12-16(9-10-17(13)18)20-15-7-5-3-4-6-8-15/h9-10,12,14-15H,2-8,11,19H2,1H3. The van der Waals surface area contributed by atoms with Crippen LogP contribution in [0.2, 0.25) is 0 Å². The van der Waals surface area contributed by atoms with Gasteiger partial charge in [0.25, 0.3) is 0 Å². The zero-order valence-corrected chi connectivity index (χ0v) is 14.0. The summed E-state index contributed by atoms with van der Waals surface area (Å²) in [5.41, 5.74) is 7.32. The molecule has 2 N–H and O–H groups in total. The smallest absolute Gasteiger partial charge is 0.120 e. The van der Waals surface area contributed by atoms with Crippen LogP contribution >= 0.6 is 15.9 Å². The van der Waals surface area contributed by atoms with Gasteiger partial charge in [0, 0.05) is 10.5 Å². The van der Waals surface area contributed by atoms with Crippen molar-refractivity contribution in [3.63, 3.8) is 0 Å². The molecule has 1 aliphatic carbocycles. The van der Waals surface area contributed by atoms with Gasteiger partial charge in [-0.2, -0.15) is 0 Å². The minimum Gasteiger partial charge on any atom is -0.490 e. The van der Waals surface area contributed by atoms with Crippen LogP contribution in [0.25, 0.3) is 0 Å². The Hall–Kier alpha value is -0.540. The number of hydrogen-bond acceptors (Lipinski definition) is 2. The van der Waals surface area contributed by atoms with Crippen LogP contribution in [0, 0.1) is 0 Å². The van der Waals surface area contributed by atoms with E-state index in [9.17, 15) is 0 Å². The molecular formula is C17H26BrNO. The zero-order chi connectivity index (χ0) is 14.4. The van der Waals surface area contributed by atoms with Gasteiger partial charge >= 0.3 is 0 Å². The highest BCUT2D eigenvalue weighted by Gasteiger charge is 2.14. The van der Waals surface area contributed by atoms with Crippen LogP contribution in [0.1, 0.15) is 57.4 Å². The second-order valence-corrected chi connectivity index (χ2v) is 6.71. The fourth-order valence-corrected chi connectivity index (χ4v) is 3.17. The molecule has 1 fully saturated rings. The van der Waals surface area contributed by atoms with Gasteiger partial charge in [-0.15, -0.1) is 0 Å². The normalized spacial score (nSPS) is 18.6. The Kier molecular flexibility index (Phi) is 6.37. The Morgan fingerprint density at radius 2 is 1.95 bits per heavy atom. The number of ether oxygens (including phenoxy) is 1. The number of rotatable bonds is 5. The van der Waals surface area contributed by atoms with Gasteiger partial charge < -0.3 is 10.5 Å². The van der Waals surface area contributed by atoms with E-state index in [0.717, 1.165) is 23.1 Å². The minimum atomic E-state index is 0.222. The molecule has 0 radical (unpaired) electrons. The van der Waals surface area contributed by atoms with Gasteiger partial charge in [0.1, 0.15) is 5.75 Å². The van der Waals surface area contributed by atoms with Crippen molar-refractivity contribution in [2.24, 2.45) is 5.73 Å². The molecule has 0 saturated heterocycles. The van der Waals surface area contributed by atoms with E-state index in [0.29, 0.717) is 6.10 Å². The van der Waals surface area contributed by atoms with E-state index in [2.05, 4.69) is 41.1 Å². The summed E-state index contributed by atoms with van der Waals surface area (Å²) in [6.07, 6.45) is 10.0. The highest BCUT2D eigenvalue weighted by molar-refractivity contribution is 9.10. The molecule has 1 aromatic rings. The Balaban J connectivity index is 2.02. The van der Waals surface area contributed by atoms with Crippen molar-refractivity contribution in [1.29, 1.82) is 0 Å². The molecular weight excluding hydrogens is 314 g/mol. The van der Waals surface area contributed by atoms with E-state index in [4.69, 9.17) is 10.5 Å². The molecule has 0 heterocycles. The van der Waals surface area contributed by atoms with Crippen molar-refractivity contribution in [3.05, 3.63) is 28.2 Å². The number of hydrogen-bond donors (Lipinski definition) is 1. The third kappa shape index (κ3) is 4.78. The molecule has 0 bridgehead atoms. The van der Waals surface area contributed by atoms with E-state index >= 15 is 0 Å². The molecule has 1 aromatic carbocycles. The summed E-state index contributed by atoms with van der Waals surface area (Å²) in [4.78, 5) is 0. The van der Waals surface area contributed by atoms with Gasteiger partial charge in [-0.3, -0.25) is 0 Å². The summed E-state index contributed by atoms with van der Waals surface area (Å²) in [6.45, 7) is 2.13. The van der Waals surface area contributed by atoms with Gasteiger partial charge in [0.15, 0.2) is 0 Å². The topological polar surface area (TPSA) is 35.2 Å². The number of benzene rings is 1. The van der Waals surface area contributed by atoms with Gasteiger partial charge in [-0.05, 0) is 62.3 Å². The van der Waals surface area contributed by atoms with E-state index in [-0.39, 0.29) is 6.04 Å². The third-order valence-electron chi connectivity index (χ3n) is 4.13. The average molecular weight is 340 g/mol. The molecule has 1 saturated carbocycles. The molecule has 1 atom stereocenters. The van der Waals surface area contributed by atoms with Crippen LogP contribution in [0.5, 0.6) is 5.75 Å². The summed E-state index contributed by atoms with van der Waals surface area (Å²) >= 11 is 3.61. The Labute approximate surface area is 131 Å². The molecule has 112 valence electrons. The van der Waals surface area contributed by atoms with E-state index in [1.165, 1.54) is 44.1 Å². The maximum atomic E-state index is 6.18. The van der Waals surface area contributed by atoms with Crippen molar-refractivity contribution in [2.45, 2.75) is 70.4 Å². The Bertz CT molecular complexity index is 413. The lowest BCUT2D eigenvalue weighted by atomic mass is 10.0. The maximum Gasteiger partial charge on any atom is 0.120 e. The Morgan fingerprint density at radius 3 is 2.60 bits per heavy atom. The third-order valence-corrected chi connectivity index (χ3v) is 4.90. The maximum absolute atomic E-state index is 6.18. The predicted molar refractivity (Wildman–Crippen MR) is 88.2 cm³/mol. The van der Waals surface area contributed by atoms with Crippen molar-refractivity contribution in [2.75, 3.05) is 0 Å². The second-order valence-electron chi connectivity index (χ2n) is 5.86. The number of halogens is 1. The van der Waals surface area contributed by atoms with Crippen molar-refractivity contribution in [1.82, 2.24) is 0 Å². The first-order valence-electron chi connectivity index (χ1n) is 7.89. The van der Waals surface area contributed by atoms with Gasteiger partial charge in [0.05, 0.1) is 6.10 Å². The highest BCUT2D eigenvalue weighted by atomic mass is 79.9. The fourth-order valence-electron chi connectivity index (χ4n) is 2.76. The minimum absolute atomic E-state index is 0.222. The summed E-state index contributed by atoms with van der Waals surface area (Å²) < 4.78 is 7.32. The van der Waals surface area contributed by atoms with Crippen molar-refractivity contribution in [3.8, 4) is 5.75 Å². The number of nitrogens with two attached hydrogens (primary N) is 1. The first-order chi connectivity index (χ1) is 9.69. The summed E-state index contributed by atoms with van der Waals surface area (Å²) in [5, 5.41) is 0. The highest BCUT2D eigenvalue weighted by Crippen LogP contribution is 2.27. The largest absolute Gasteiger partial charge is 0.490 e. The van der Waals surface area contributed by atoms with Crippen LogP contribution in [0.15, 0.2) is 22.7 Å².